The van der Waals surface area contributed by atoms with Gasteiger partial charge in [0.25, 0.3) is 0 Å². The molecule has 10 heteroatoms. The number of esters is 1. The summed E-state index contributed by atoms with van der Waals surface area (Å²) in [6.07, 6.45) is 36.7. The van der Waals surface area contributed by atoms with E-state index in [1.165, 1.54) is 161 Å². The fourth-order valence-corrected chi connectivity index (χ4v) is 7.03. The third kappa shape index (κ3) is 39.0. The first-order valence-electron chi connectivity index (χ1n) is 21.5. The Bertz CT molecular complexity index is 769. The van der Waals surface area contributed by atoms with Crippen LogP contribution < -0.4 is 0 Å². The quantitative estimate of drug-likeness (QED) is 0.0317. The zero-order chi connectivity index (χ0) is 37.5. The smallest absolute Gasteiger partial charge is 0.457 e. The van der Waals surface area contributed by atoms with Gasteiger partial charge in [0.05, 0.1) is 26.4 Å². The molecule has 306 valence electrons. The van der Waals surface area contributed by atoms with E-state index < -0.39 is 33.2 Å². The molecule has 0 aromatic carbocycles. The van der Waals surface area contributed by atoms with Gasteiger partial charge in [-0.05, 0) is 12.8 Å². The fourth-order valence-electron chi connectivity index (χ4n) is 6.24. The minimum Gasteiger partial charge on any atom is -0.457 e. The summed E-state index contributed by atoms with van der Waals surface area (Å²) in [5.41, 5.74) is 0. The third-order valence-corrected chi connectivity index (χ3v) is 10.5. The molecule has 0 fully saturated rings. The van der Waals surface area contributed by atoms with Crippen molar-refractivity contribution in [1.29, 1.82) is 0 Å². The van der Waals surface area contributed by atoms with Crippen molar-refractivity contribution in [3.05, 3.63) is 0 Å². The summed E-state index contributed by atoms with van der Waals surface area (Å²) in [4.78, 5) is 22.4. The van der Waals surface area contributed by atoms with E-state index in [9.17, 15) is 19.4 Å². The van der Waals surface area contributed by atoms with Crippen LogP contribution >= 0.6 is 7.82 Å². The van der Waals surface area contributed by atoms with Crippen LogP contribution in [-0.2, 0) is 27.9 Å². The number of carbonyl (C=O) groups is 1. The summed E-state index contributed by atoms with van der Waals surface area (Å²) in [7, 11) is -4.50. The standard InChI is InChI=1S/C41H83O9P/c1-3-5-7-9-11-12-13-14-15-16-17-18-19-20-21-22-23-24-25-26-28-30-32-34-47-37-40(38-49-51(45,46)48-36-39(43)35-42)50-41(44)33-31-29-27-10-8-6-4-2/h39-40,42-43H,3-38H2,1-2H3,(H,45,46). The Labute approximate surface area is 314 Å². The van der Waals surface area contributed by atoms with Crippen LogP contribution in [0.2, 0.25) is 0 Å². The molecule has 0 bridgehead atoms. The van der Waals surface area contributed by atoms with Crippen molar-refractivity contribution in [3.63, 3.8) is 0 Å². The van der Waals surface area contributed by atoms with Crippen LogP contribution in [0.5, 0.6) is 0 Å². The first-order chi connectivity index (χ1) is 24.8. The van der Waals surface area contributed by atoms with E-state index in [1.54, 1.807) is 0 Å². The van der Waals surface area contributed by atoms with Crippen molar-refractivity contribution in [3.8, 4) is 0 Å². The summed E-state index contributed by atoms with van der Waals surface area (Å²) in [5.74, 6) is -0.385. The molecule has 0 saturated heterocycles. The van der Waals surface area contributed by atoms with Crippen LogP contribution in [0.25, 0.3) is 0 Å². The molecule has 0 aliphatic heterocycles. The molecule has 0 spiro atoms. The van der Waals surface area contributed by atoms with E-state index in [0.717, 1.165) is 32.1 Å². The second-order valence-corrected chi connectivity index (χ2v) is 16.2. The summed E-state index contributed by atoms with van der Waals surface area (Å²) >= 11 is 0. The maximum Gasteiger partial charge on any atom is 0.472 e. The molecule has 0 amide bonds. The first-order valence-corrected chi connectivity index (χ1v) is 23.0. The number of rotatable bonds is 42. The minimum atomic E-state index is -4.50. The lowest BCUT2D eigenvalue weighted by molar-refractivity contribution is -0.154. The van der Waals surface area contributed by atoms with Gasteiger partial charge in [0.1, 0.15) is 12.2 Å². The highest BCUT2D eigenvalue weighted by Gasteiger charge is 2.26. The number of unbranched alkanes of at least 4 members (excludes halogenated alkanes) is 28. The number of phosphoric acid groups is 1. The summed E-state index contributed by atoms with van der Waals surface area (Å²) < 4.78 is 33.2. The lowest BCUT2D eigenvalue weighted by Gasteiger charge is -2.20. The van der Waals surface area contributed by atoms with E-state index in [4.69, 9.17) is 23.6 Å². The van der Waals surface area contributed by atoms with Gasteiger partial charge in [0, 0.05) is 13.0 Å². The highest BCUT2D eigenvalue weighted by molar-refractivity contribution is 7.47. The molecule has 51 heavy (non-hydrogen) atoms. The van der Waals surface area contributed by atoms with Gasteiger partial charge in [-0.3, -0.25) is 13.8 Å². The number of aliphatic hydroxyl groups is 2. The second kappa shape index (κ2) is 39.2. The topological polar surface area (TPSA) is 132 Å². The predicted molar refractivity (Wildman–Crippen MR) is 210 cm³/mol. The lowest BCUT2D eigenvalue weighted by atomic mass is 10.0. The largest absolute Gasteiger partial charge is 0.472 e. The molecule has 0 aliphatic carbocycles. The van der Waals surface area contributed by atoms with E-state index >= 15 is 0 Å². The van der Waals surface area contributed by atoms with E-state index in [0.29, 0.717) is 6.61 Å². The summed E-state index contributed by atoms with van der Waals surface area (Å²) in [6, 6.07) is 0. The molecule has 0 saturated carbocycles. The molecule has 0 aliphatic rings. The van der Waals surface area contributed by atoms with Gasteiger partial charge in [-0.15, -0.1) is 0 Å². The van der Waals surface area contributed by atoms with Gasteiger partial charge in [0.2, 0.25) is 0 Å². The Hall–Kier alpha value is -0.540. The fraction of sp³-hybridized carbons (Fsp3) is 0.976. The molecular weight excluding hydrogens is 667 g/mol. The number of hydrogen-bond acceptors (Lipinski definition) is 8. The third-order valence-electron chi connectivity index (χ3n) is 9.54. The monoisotopic (exact) mass is 751 g/mol. The zero-order valence-corrected chi connectivity index (χ0v) is 34.2. The van der Waals surface area contributed by atoms with Crippen molar-refractivity contribution in [2.45, 2.75) is 225 Å². The SMILES string of the molecule is CCCCCCCCCCCCCCCCCCCCCCCCCOCC(COP(=O)(O)OCC(O)CO)OC(=O)CCCCCCCCC. The Morgan fingerprint density at radius 1 is 0.529 bits per heavy atom. The molecule has 0 heterocycles. The van der Waals surface area contributed by atoms with Crippen LogP contribution in [0.1, 0.15) is 213 Å². The molecule has 3 N–H and O–H groups in total. The molecule has 0 aromatic heterocycles. The van der Waals surface area contributed by atoms with E-state index in [2.05, 4.69) is 13.8 Å². The molecule has 9 nitrogen and oxygen atoms in total. The van der Waals surface area contributed by atoms with Crippen LogP contribution in [0.3, 0.4) is 0 Å². The van der Waals surface area contributed by atoms with Crippen LogP contribution in [-0.4, -0.2) is 66.3 Å². The van der Waals surface area contributed by atoms with Crippen molar-refractivity contribution >= 4 is 13.8 Å². The molecule has 3 unspecified atom stereocenters. The maximum absolute atomic E-state index is 12.5. The number of hydrogen-bond donors (Lipinski definition) is 3. The highest BCUT2D eigenvalue weighted by Crippen LogP contribution is 2.43. The zero-order valence-electron chi connectivity index (χ0n) is 33.3. The summed E-state index contributed by atoms with van der Waals surface area (Å²) in [6.45, 7) is 3.51. The molecule has 0 aromatic rings. The van der Waals surface area contributed by atoms with Crippen LogP contribution in [0.15, 0.2) is 0 Å². The van der Waals surface area contributed by atoms with Crippen molar-refractivity contribution < 1.29 is 43.0 Å². The Balaban J connectivity index is 3.89. The molecule has 0 rings (SSSR count). The predicted octanol–water partition coefficient (Wildman–Crippen LogP) is 11.5. The van der Waals surface area contributed by atoms with Gasteiger partial charge in [-0.25, -0.2) is 4.57 Å². The highest BCUT2D eigenvalue weighted by atomic mass is 31.2. The maximum atomic E-state index is 12.5. The molecule has 0 radical (unpaired) electrons. The molecular formula is C41H83O9P. The van der Waals surface area contributed by atoms with Gasteiger partial charge in [-0.1, -0.05) is 194 Å². The first kappa shape index (κ1) is 50.5. The number of carbonyl (C=O) groups excluding carboxylic acids is 1. The average Bonchev–Trinajstić information content (AvgIpc) is 3.12. The Morgan fingerprint density at radius 2 is 0.882 bits per heavy atom. The number of aliphatic hydroxyl groups excluding tert-OH is 2. The molecule has 3 atom stereocenters. The lowest BCUT2D eigenvalue weighted by Crippen LogP contribution is -2.29. The van der Waals surface area contributed by atoms with Gasteiger partial charge < -0.3 is 24.6 Å². The van der Waals surface area contributed by atoms with Crippen LogP contribution in [0.4, 0.5) is 0 Å². The average molecular weight is 751 g/mol. The Morgan fingerprint density at radius 3 is 1.27 bits per heavy atom. The number of ether oxygens (including phenoxy) is 2. The van der Waals surface area contributed by atoms with Gasteiger partial charge in [0.15, 0.2) is 0 Å². The minimum absolute atomic E-state index is 0.0569. The second-order valence-electron chi connectivity index (χ2n) is 14.7. The van der Waals surface area contributed by atoms with Crippen molar-refractivity contribution in [1.82, 2.24) is 0 Å². The normalized spacial score (nSPS) is 14.1. The van der Waals surface area contributed by atoms with Crippen molar-refractivity contribution in [2.24, 2.45) is 0 Å². The number of phosphoric ester groups is 1. The van der Waals surface area contributed by atoms with Gasteiger partial charge >= 0.3 is 13.8 Å². The van der Waals surface area contributed by atoms with Gasteiger partial charge in [-0.2, -0.15) is 0 Å². The summed E-state index contributed by atoms with van der Waals surface area (Å²) in [5, 5.41) is 18.3. The van der Waals surface area contributed by atoms with Crippen molar-refractivity contribution in [2.75, 3.05) is 33.0 Å². The Kier molecular flexibility index (Phi) is 38.7. The van der Waals surface area contributed by atoms with E-state index in [-0.39, 0.29) is 25.6 Å². The van der Waals surface area contributed by atoms with Crippen LogP contribution in [0, 0.1) is 0 Å². The van der Waals surface area contributed by atoms with E-state index in [1.807, 2.05) is 0 Å².